The summed E-state index contributed by atoms with van der Waals surface area (Å²) in [4.78, 5) is 11.8. The fourth-order valence-electron chi connectivity index (χ4n) is 2.14. The van der Waals surface area contributed by atoms with Crippen molar-refractivity contribution in [3.05, 3.63) is 29.3 Å². The van der Waals surface area contributed by atoms with E-state index in [1.165, 1.54) is 7.11 Å². The number of nitrogens with two attached hydrogens (primary N) is 1. The molecule has 7 heteroatoms. The largest absolute Gasteiger partial charge is 0.496 e. The minimum Gasteiger partial charge on any atom is -0.496 e. The van der Waals surface area contributed by atoms with Gasteiger partial charge in [-0.1, -0.05) is 6.92 Å². The predicted molar refractivity (Wildman–Crippen MR) is 83.6 cm³/mol. The molecule has 0 aromatic heterocycles. The zero-order valence-electron chi connectivity index (χ0n) is 14.1. The van der Waals surface area contributed by atoms with Gasteiger partial charge in [-0.15, -0.1) is 0 Å². The molecule has 3 N–H and O–H groups in total. The van der Waals surface area contributed by atoms with Crippen LogP contribution in [0.3, 0.4) is 0 Å². The molecule has 23 heavy (non-hydrogen) atoms. The molecular weight excluding hydrogens is 306 g/mol. The molecule has 0 spiro atoms. The molecule has 1 atom stereocenters. The van der Waals surface area contributed by atoms with Crippen LogP contribution in [-0.2, 0) is 10.2 Å². The number of nitrogens with one attached hydrogen (secondary N) is 1. The number of hydrogen-bond donors (Lipinski definition) is 2. The molecule has 1 rings (SSSR count). The molecule has 0 fully saturated rings. The van der Waals surface area contributed by atoms with Crippen LogP contribution < -0.4 is 15.8 Å². The standard InChI is InChI=1S/C16H24F2N2O3/c1-15(2,3)23-14(21)20-9-16(4,8-19)13-11(18)6-10(17)7-12(13)22-5/h6-7H,8-9,19H2,1-5H3,(H,20,21). The summed E-state index contributed by atoms with van der Waals surface area (Å²) in [6.07, 6.45) is -0.640. The maximum Gasteiger partial charge on any atom is 0.407 e. The molecule has 0 aliphatic rings. The molecular formula is C16H24F2N2O3. The van der Waals surface area contributed by atoms with Gasteiger partial charge in [0.2, 0.25) is 0 Å². The third-order valence-electron chi connectivity index (χ3n) is 3.31. The second kappa shape index (κ2) is 7.12. The van der Waals surface area contributed by atoms with Gasteiger partial charge in [-0.2, -0.15) is 0 Å². The Kier molecular flexibility index (Phi) is 5.93. The number of amides is 1. The van der Waals surface area contributed by atoms with Gasteiger partial charge in [0, 0.05) is 36.2 Å². The van der Waals surface area contributed by atoms with Gasteiger partial charge in [0.15, 0.2) is 0 Å². The Hall–Kier alpha value is -1.89. The summed E-state index contributed by atoms with van der Waals surface area (Å²) in [6.45, 7) is 6.88. The first-order valence-electron chi connectivity index (χ1n) is 7.23. The average molecular weight is 330 g/mol. The second-order valence-electron chi connectivity index (χ2n) is 6.59. The fraction of sp³-hybridized carbons (Fsp3) is 0.562. The van der Waals surface area contributed by atoms with Gasteiger partial charge in [0.05, 0.1) is 7.11 Å². The minimum atomic E-state index is -0.986. The molecule has 0 aliphatic carbocycles. The molecule has 0 saturated carbocycles. The zero-order chi connectivity index (χ0) is 17.8. The van der Waals surface area contributed by atoms with Crippen LogP contribution >= 0.6 is 0 Å². The van der Waals surface area contributed by atoms with Gasteiger partial charge >= 0.3 is 6.09 Å². The van der Waals surface area contributed by atoms with E-state index in [4.69, 9.17) is 15.2 Å². The third-order valence-corrected chi connectivity index (χ3v) is 3.31. The number of ether oxygens (including phenoxy) is 2. The van der Waals surface area contributed by atoms with Gasteiger partial charge in [0.1, 0.15) is 23.0 Å². The van der Waals surface area contributed by atoms with Crippen molar-refractivity contribution in [1.82, 2.24) is 5.32 Å². The maximum atomic E-state index is 14.3. The minimum absolute atomic E-state index is 0.0112. The lowest BCUT2D eigenvalue weighted by atomic mass is 9.81. The van der Waals surface area contributed by atoms with Crippen molar-refractivity contribution >= 4 is 6.09 Å². The van der Waals surface area contributed by atoms with Crippen molar-refractivity contribution in [2.45, 2.75) is 38.7 Å². The number of carbonyl (C=O) groups excluding carboxylic acids is 1. The summed E-state index contributed by atoms with van der Waals surface area (Å²) in [5.41, 5.74) is 4.25. The lowest BCUT2D eigenvalue weighted by molar-refractivity contribution is 0.0515. The monoisotopic (exact) mass is 330 g/mol. The smallest absolute Gasteiger partial charge is 0.407 e. The van der Waals surface area contributed by atoms with Crippen molar-refractivity contribution in [2.24, 2.45) is 5.73 Å². The number of methoxy groups -OCH3 is 1. The van der Waals surface area contributed by atoms with Gasteiger partial charge in [-0.25, -0.2) is 13.6 Å². The lowest BCUT2D eigenvalue weighted by Crippen LogP contribution is -2.45. The molecule has 0 bridgehead atoms. The summed E-state index contributed by atoms with van der Waals surface area (Å²) in [7, 11) is 1.32. The summed E-state index contributed by atoms with van der Waals surface area (Å²) in [5, 5.41) is 2.57. The second-order valence-corrected chi connectivity index (χ2v) is 6.59. The molecule has 0 radical (unpaired) electrons. The van der Waals surface area contributed by atoms with Crippen LogP contribution in [0.2, 0.25) is 0 Å². The fourth-order valence-corrected chi connectivity index (χ4v) is 2.14. The first-order valence-corrected chi connectivity index (χ1v) is 7.23. The highest BCUT2D eigenvalue weighted by atomic mass is 19.1. The molecule has 0 aliphatic heterocycles. The molecule has 0 heterocycles. The Morgan fingerprint density at radius 3 is 2.35 bits per heavy atom. The number of benzene rings is 1. The normalized spacial score (nSPS) is 14.1. The molecule has 1 amide bonds. The highest BCUT2D eigenvalue weighted by Crippen LogP contribution is 2.34. The zero-order valence-corrected chi connectivity index (χ0v) is 14.1. The first kappa shape index (κ1) is 19.2. The summed E-state index contributed by atoms with van der Waals surface area (Å²) in [5.74, 6) is -1.48. The Balaban J connectivity index is 3.04. The summed E-state index contributed by atoms with van der Waals surface area (Å²) >= 11 is 0. The van der Waals surface area contributed by atoms with E-state index >= 15 is 0 Å². The van der Waals surface area contributed by atoms with E-state index in [0.717, 1.165) is 12.1 Å². The van der Waals surface area contributed by atoms with Gasteiger partial charge < -0.3 is 20.5 Å². The van der Waals surface area contributed by atoms with E-state index in [9.17, 15) is 13.6 Å². The first-order chi connectivity index (χ1) is 10.5. The van der Waals surface area contributed by atoms with Gasteiger partial charge in [0.25, 0.3) is 0 Å². The quantitative estimate of drug-likeness (QED) is 0.870. The van der Waals surface area contributed by atoms with E-state index in [-0.39, 0.29) is 24.4 Å². The Morgan fingerprint density at radius 1 is 1.26 bits per heavy atom. The van der Waals surface area contributed by atoms with Crippen molar-refractivity contribution in [3.8, 4) is 5.75 Å². The number of carbonyl (C=O) groups is 1. The van der Waals surface area contributed by atoms with Crippen LogP contribution in [0.1, 0.15) is 33.3 Å². The number of rotatable bonds is 5. The van der Waals surface area contributed by atoms with Crippen LogP contribution in [0.15, 0.2) is 12.1 Å². The van der Waals surface area contributed by atoms with Crippen molar-refractivity contribution in [3.63, 3.8) is 0 Å². The molecule has 0 saturated heterocycles. The molecule has 5 nitrogen and oxygen atoms in total. The van der Waals surface area contributed by atoms with Crippen LogP contribution in [0.4, 0.5) is 13.6 Å². The molecule has 1 aromatic rings. The summed E-state index contributed by atoms with van der Waals surface area (Å²) in [6, 6.07) is 1.85. The van der Waals surface area contributed by atoms with Crippen LogP contribution in [0, 0.1) is 11.6 Å². The van der Waals surface area contributed by atoms with E-state index in [1.54, 1.807) is 27.7 Å². The number of hydrogen-bond acceptors (Lipinski definition) is 4. The number of alkyl carbamates (subject to hydrolysis) is 1. The average Bonchev–Trinajstić information content (AvgIpc) is 2.42. The molecule has 1 aromatic carbocycles. The van der Waals surface area contributed by atoms with E-state index in [1.807, 2.05) is 0 Å². The molecule has 1 unspecified atom stereocenters. The van der Waals surface area contributed by atoms with Crippen LogP contribution in [0.5, 0.6) is 5.75 Å². The molecule has 130 valence electrons. The van der Waals surface area contributed by atoms with E-state index in [2.05, 4.69) is 5.32 Å². The van der Waals surface area contributed by atoms with Crippen molar-refractivity contribution in [2.75, 3.05) is 20.2 Å². The topological polar surface area (TPSA) is 73.6 Å². The highest BCUT2D eigenvalue weighted by Gasteiger charge is 2.33. The lowest BCUT2D eigenvalue weighted by Gasteiger charge is -2.31. The van der Waals surface area contributed by atoms with Crippen LogP contribution in [-0.4, -0.2) is 31.9 Å². The maximum absolute atomic E-state index is 14.3. The Morgan fingerprint density at radius 2 is 1.87 bits per heavy atom. The Labute approximate surface area is 135 Å². The third kappa shape index (κ3) is 5.06. The Bertz CT molecular complexity index is 573. The van der Waals surface area contributed by atoms with E-state index < -0.39 is 28.7 Å². The summed E-state index contributed by atoms with van der Waals surface area (Å²) < 4.78 is 37.8. The predicted octanol–water partition coefficient (Wildman–Crippen LogP) is 2.71. The number of halogens is 2. The van der Waals surface area contributed by atoms with Crippen molar-refractivity contribution < 1.29 is 23.0 Å². The SMILES string of the molecule is COc1cc(F)cc(F)c1C(C)(CN)CNC(=O)OC(C)(C)C. The van der Waals surface area contributed by atoms with Gasteiger partial charge in [-0.05, 0) is 20.8 Å². The van der Waals surface area contributed by atoms with E-state index in [0.29, 0.717) is 0 Å². The van der Waals surface area contributed by atoms with Crippen LogP contribution in [0.25, 0.3) is 0 Å². The highest BCUT2D eigenvalue weighted by molar-refractivity contribution is 5.68. The van der Waals surface area contributed by atoms with Crippen molar-refractivity contribution in [1.29, 1.82) is 0 Å². The van der Waals surface area contributed by atoms with Gasteiger partial charge in [-0.3, -0.25) is 0 Å².